The van der Waals surface area contributed by atoms with Crippen molar-refractivity contribution in [2.24, 2.45) is 13.0 Å². The molecule has 4 rings (SSSR count). The number of benzene rings is 1. The number of fused-ring (bicyclic) bond motifs is 3. The van der Waals surface area contributed by atoms with Gasteiger partial charge in [0.25, 0.3) is 5.56 Å². The minimum atomic E-state index is -0.277. The highest BCUT2D eigenvalue weighted by atomic mass is 16.2. The van der Waals surface area contributed by atoms with Crippen LogP contribution in [-0.2, 0) is 26.6 Å². The highest BCUT2D eigenvalue weighted by Gasteiger charge is 2.29. The SMILES string of the molecule is CCCCCCCn1c(=O)c2c(nc3n2C[C@H](C)CN3c2ccc(CC)cc2)n(C)c1=O. The zero-order chi connectivity index (χ0) is 22.8. The molecule has 0 saturated carbocycles. The maximum Gasteiger partial charge on any atom is 0.332 e. The van der Waals surface area contributed by atoms with Gasteiger partial charge < -0.3 is 9.47 Å². The molecule has 0 radical (unpaired) electrons. The van der Waals surface area contributed by atoms with Gasteiger partial charge in [-0.15, -0.1) is 0 Å². The summed E-state index contributed by atoms with van der Waals surface area (Å²) in [4.78, 5) is 33.4. The third kappa shape index (κ3) is 4.00. The molecule has 1 aliphatic rings. The molecule has 0 spiro atoms. The minimum absolute atomic E-state index is 0.215. The molecule has 0 unspecified atom stereocenters. The normalized spacial score (nSPS) is 16.0. The van der Waals surface area contributed by atoms with E-state index < -0.39 is 0 Å². The zero-order valence-electron chi connectivity index (χ0n) is 19.8. The van der Waals surface area contributed by atoms with E-state index in [1.165, 1.54) is 27.5 Å². The summed E-state index contributed by atoms with van der Waals surface area (Å²) in [5.74, 6) is 1.10. The van der Waals surface area contributed by atoms with Crippen LogP contribution in [0.3, 0.4) is 0 Å². The van der Waals surface area contributed by atoms with Crippen LogP contribution in [0.5, 0.6) is 0 Å². The van der Waals surface area contributed by atoms with Gasteiger partial charge in [-0.2, -0.15) is 4.98 Å². The van der Waals surface area contributed by atoms with Gasteiger partial charge in [-0.25, -0.2) is 4.79 Å². The lowest BCUT2D eigenvalue weighted by Gasteiger charge is -2.33. The number of aryl methyl sites for hydroxylation is 2. The van der Waals surface area contributed by atoms with Gasteiger partial charge in [0.1, 0.15) is 0 Å². The highest BCUT2D eigenvalue weighted by Crippen LogP contribution is 2.32. The van der Waals surface area contributed by atoms with Crippen molar-refractivity contribution >= 4 is 22.8 Å². The molecule has 0 amide bonds. The Kier molecular flexibility index (Phi) is 6.53. The van der Waals surface area contributed by atoms with Gasteiger partial charge in [-0.1, -0.05) is 58.6 Å². The highest BCUT2D eigenvalue weighted by molar-refractivity contribution is 5.77. The molecule has 0 bridgehead atoms. The lowest BCUT2D eigenvalue weighted by Crippen LogP contribution is -2.40. The van der Waals surface area contributed by atoms with E-state index in [0.29, 0.717) is 23.6 Å². The summed E-state index contributed by atoms with van der Waals surface area (Å²) in [5, 5.41) is 0. The standard InChI is InChI=1S/C25H35N5O2/c1-5-7-8-9-10-15-28-23(31)21-22(27(4)25(28)32)26-24-29(16-18(3)17-30(21)24)20-13-11-19(6-2)12-14-20/h11-14,18H,5-10,15-17H2,1-4H3/t18-/m1/s1. The van der Waals surface area contributed by atoms with Gasteiger partial charge in [-0.3, -0.25) is 13.9 Å². The monoisotopic (exact) mass is 437 g/mol. The summed E-state index contributed by atoms with van der Waals surface area (Å²) in [7, 11) is 1.72. The van der Waals surface area contributed by atoms with E-state index in [1.807, 2.05) is 4.57 Å². The molecule has 0 N–H and O–H groups in total. The Hall–Kier alpha value is -2.83. The van der Waals surface area contributed by atoms with Crippen LogP contribution in [0.4, 0.5) is 11.6 Å². The summed E-state index contributed by atoms with van der Waals surface area (Å²) in [6.07, 6.45) is 6.37. The zero-order valence-corrected chi connectivity index (χ0v) is 19.8. The van der Waals surface area contributed by atoms with Gasteiger partial charge in [0.15, 0.2) is 11.2 Å². The second kappa shape index (κ2) is 9.35. The van der Waals surface area contributed by atoms with E-state index in [9.17, 15) is 9.59 Å². The van der Waals surface area contributed by atoms with Crippen LogP contribution in [0.1, 0.15) is 58.4 Å². The summed E-state index contributed by atoms with van der Waals surface area (Å²) in [5.41, 5.74) is 2.87. The maximum atomic E-state index is 13.5. The molecular weight excluding hydrogens is 402 g/mol. The summed E-state index contributed by atoms with van der Waals surface area (Å²) in [6.45, 7) is 8.53. The van der Waals surface area contributed by atoms with Crippen LogP contribution in [-0.4, -0.2) is 25.2 Å². The second-order valence-corrected chi connectivity index (χ2v) is 9.14. The van der Waals surface area contributed by atoms with E-state index in [0.717, 1.165) is 50.4 Å². The predicted molar refractivity (Wildman–Crippen MR) is 130 cm³/mol. The van der Waals surface area contributed by atoms with Crippen molar-refractivity contribution in [1.29, 1.82) is 0 Å². The van der Waals surface area contributed by atoms with Crippen LogP contribution < -0.4 is 16.1 Å². The Morgan fingerprint density at radius 2 is 1.72 bits per heavy atom. The molecule has 172 valence electrons. The third-order valence-corrected chi connectivity index (χ3v) is 6.58. The number of unbranched alkanes of at least 4 members (excludes halogenated alkanes) is 4. The number of aromatic nitrogens is 4. The number of anilines is 2. The van der Waals surface area contributed by atoms with E-state index in [2.05, 4.69) is 49.9 Å². The molecule has 1 atom stereocenters. The van der Waals surface area contributed by atoms with Gasteiger partial charge in [0, 0.05) is 32.4 Å². The van der Waals surface area contributed by atoms with E-state index in [1.54, 1.807) is 7.05 Å². The van der Waals surface area contributed by atoms with Crippen LogP contribution >= 0.6 is 0 Å². The Labute approximate surface area is 189 Å². The van der Waals surface area contributed by atoms with Crippen LogP contribution in [0, 0.1) is 5.92 Å². The molecule has 7 heteroatoms. The van der Waals surface area contributed by atoms with Crippen LogP contribution in [0.2, 0.25) is 0 Å². The maximum absolute atomic E-state index is 13.5. The van der Waals surface area contributed by atoms with Crippen molar-refractivity contribution in [2.45, 2.75) is 72.4 Å². The number of hydrogen-bond donors (Lipinski definition) is 0. The molecular formula is C25H35N5O2. The fourth-order valence-corrected chi connectivity index (χ4v) is 4.70. The van der Waals surface area contributed by atoms with Crippen molar-refractivity contribution in [1.82, 2.24) is 18.7 Å². The van der Waals surface area contributed by atoms with Crippen molar-refractivity contribution in [3.8, 4) is 0 Å². The van der Waals surface area contributed by atoms with Crippen molar-refractivity contribution in [2.75, 3.05) is 11.4 Å². The molecule has 7 nitrogen and oxygen atoms in total. The molecule has 0 fully saturated rings. The summed E-state index contributed by atoms with van der Waals surface area (Å²) < 4.78 is 4.96. The van der Waals surface area contributed by atoms with Crippen molar-refractivity contribution < 1.29 is 0 Å². The minimum Gasteiger partial charge on any atom is -0.312 e. The Morgan fingerprint density at radius 3 is 2.41 bits per heavy atom. The fourth-order valence-electron chi connectivity index (χ4n) is 4.70. The molecule has 3 aromatic rings. The van der Waals surface area contributed by atoms with Crippen LogP contribution in [0.25, 0.3) is 11.2 Å². The Bertz CT molecular complexity index is 1200. The third-order valence-electron chi connectivity index (χ3n) is 6.58. The first kappa shape index (κ1) is 22.4. The second-order valence-electron chi connectivity index (χ2n) is 9.14. The number of imidazole rings is 1. The predicted octanol–water partition coefficient (Wildman–Crippen LogP) is 4.22. The van der Waals surface area contributed by atoms with Gasteiger partial charge in [-0.05, 0) is 36.5 Å². The summed E-state index contributed by atoms with van der Waals surface area (Å²) >= 11 is 0. The Morgan fingerprint density at radius 1 is 1.00 bits per heavy atom. The number of hydrogen-bond acceptors (Lipinski definition) is 4. The lowest BCUT2D eigenvalue weighted by atomic mass is 10.1. The molecule has 1 aliphatic heterocycles. The van der Waals surface area contributed by atoms with Gasteiger partial charge in [0.2, 0.25) is 5.95 Å². The first-order valence-corrected chi connectivity index (χ1v) is 12.0. The molecule has 1 aromatic carbocycles. The van der Waals surface area contributed by atoms with E-state index >= 15 is 0 Å². The van der Waals surface area contributed by atoms with Gasteiger partial charge >= 0.3 is 5.69 Å². The average molecular weight is 438 g/mol. The fraction of sp³-hybridized carbons (Fsp3) is 0.560. The van der Waals surface area contributed by atoms with Crippen LogP contribution in [0.15, 0.2) is 33.9 Å². The molecule has 2 aromatic heterocycles. The first-order chi connectivity index (χ1) is 15.5. The molecule has 3 heterocycles. The Balaban J connectivity index is 1.78. The van der Waals surface area contributed by atoms with Gasteiger partial charge in [0.05, 0.1) is 0 Å². The number of nitrogens with zero attached hydrogens (tertiary/aromatic N) is 5. The average Bonchev–Trinajstić information content (AvgIpc) is 3.18. The molecule has 0 aliphatic carbocycles. The smallest absolute Gasteiger partial charge is 0.312 e. The van der Waals surface area contributed by atoms with E-state index in [4.69, 9.17) is 4.98 Å². The quantitative estimate of drug-likeness (QED) is 0.495. The first-order valence-electron chi connectivity index (χ1n) is 12.0. The topological polar surface area (TPSA) is 65.1 Å². The van der Waals surface area contributed by atoms with Crippen molar-refractivity contribution in [3.63, 3.8) is 0 Å². The van der Waals surface area contributed by atoms with E-state index in [-0.39, 0.29) is 11.2 Å². The molecule has 0 saturated heterocycles. The molecule has 32 heavy (non-hydrogen) atoms. The largest absolute Gasteiger partial charge is 0.332 e. The van der Waals surface area contributed by atoms with Crippen molar-refractivity contribution in [3.05, 3.63) is 50.7 Å². The summed E-state index contributed by atoms with van der Waals surface area (Å²) in [6, 6.07) is 8.52. The lowest BCUT2D eigenvalue weighted by molar-refractivity contribution is 0.457. The number of rotatable bonds is 8.